The van der Waals surface area contributed by atoms with E-state index in [9.17, 15) is 9.59 Å². The summed E-state index contributed by atoms with van der Waals surface area (Å²) in [5, 5.41) is 5.03. The minimum absolute atomic E-state index is 0.00946. The molecule has 1 aliphatic heterocycles. The molecule has 4 rings (SSSR count). The van der Waals surface area contributed by atoms with Crippen LogP contribution in [-0.4, -0.2) is 37.6 Å². The number of para-hydroxylation sites is 1. The second kappa shape index (κ2) is 9.18. The van der Waals surface area contributed by atoms with Gasteiger partial charge in [0.1, 0.15) is 0 Å². The zero-order valence-corrected chi connectivity index (χ0v) is 18.2. The van der Waals surface area contributed by atoms with Crippen LogP contribution in [0, 0.1) is 0 Å². The van der Waals surface area contributed by atoms with Gasteiger partial charge in [-0.05, 0) is 42.7 Å². The minimum Gasteiger partial charge on any atom is -0.493 e. The summed E-state index contributed by atoms with van der Waals surface area (Å²) in [5.41, 5.74) is 3.25. The van der Waals surface area contributed by atoms with E-state index in [0.717, 1.165) is 18.5 Å². The fourth-order valence-corrected chi connectivity index (χ4v) is 4.34. The Morgan fingerprint density at radius 3 is 2.74 bits per heavy atom. The van der Waals surface area contributed by atoms with Crippen molar-refractivity contribution < 1.29 is 19.1 Å². The second-order valence-corrected chi connectivity index (χ2v) is 7.98. The highest BCUT2D eigenvalue weighted by Crippen LogP contribution is 2.29. The molecule has 3 aromatic rings. The quantitative estimate of drug-likeness (QED) is 0.632. The van der Waals surface area contributed by atoms with Crippen LogP contribution < -0.4 is 19.7 Å². The van der Waals surface area contributed by atoms with Gasteiger partial charge < -0.3 is 14.4 Å². The Morgan fingerprint density at radius 2 is 1.94 bits per heavy atom. The van der Waals surface area contributed by atoms with Crippen LogP contribution in [-0.2, 0) is 17.6 Å². The fourth-order valence-electron chi connectivity index (χ4n) is 3.64. The van der Waals surface area contributed by atoms with Gasteiger partial charge in [0.25, 0.3) is 5.91 Å². The SMILES string of the molecule is COc1ccc(C(=O)Nc2nc(CC(=O)N3CCCc4ccccc43)cs2)cc1OC. The zero-order valence-electron chi connectivity index (χ0n) is 17.4. The summed E-state index contributed by atoms with van der Waals surface area (Å²) in [6.45, 7) is 0.711. The van der Waals surface area contributed by atoms with Crippen molar-refractivity contribution in [3.63, 3.8) is 0 Å². The van der Waals surface area contributed by atoms with Gasteiger partial charge in [-0.1, -0.05) is 18.2 Å². The van der Waals surface area contributed by atoms with Crippen LogP contribution >= 0.6 is 11.3 Å². The van der Waals surface area contributed by atoms with Gasteiger partial charge in [0, 0.05) is 23.2 Å². The Hall–Kier alpha value is -3.39. The maximum Gasteiger partial charge on any atom is 0.257 e. The molecule has 1 N–H and O–H groups in total. The molecule has 0 spiro atoms. The van der Waals surface area contributed by atoms with Crippen molar-refractivity contribution in [2.75, 3.05) is 31.0 Å². The molecule has 160 valence electrons. The normalized spacial score (nSPS) is 12.8. The molecule has 2 amide bonds. The van der Waals surface area contributed by atoms with Crippen molar-refractivity contribution in [1.29, 1.82) is 0 Å². The van der Waals surface area contributed by atoms with Crippen LogP contribution in [0.2, 0.25) is 0 Å². The lowest BCUT2D eigenvalue weighted by atomic mass is 10.0. The first-order chi connectivity index (χ1) is 15.1. The number of nitrogens with zero attached hydrogens (tertiary/aromatic N) is 2. The molecule has 0 unspecified atom stereocenters. The molecule has 0 saturated heterocycles. The van der Waals surface area contributed by atoms with E-state index in [2.05, 4.69) is 16.4 Å². The number of thiazole rings is 1. The number of aryl methyl sites for hydroxylation is 1. The molecule has 0 fully saturated rings. The van der Waals surface area contributed by atoms with Gasteiger partial charge in [-0.2, -0.15) is 0 Å². The van der Waals surface area contributed by atoms with E-state index in [0.29, 0.717) is 34.4 Å². The van der Waals surface area contributed by atoms with E-state index < -0.39 is 0 Å². The van der Waals surface area contributed by atoms with E-state index in [1.807, 2.05) is 23.1 Å². The number of anilines is 2. The molecule has 31 heavy (non-hydrogen) atoms. The summed E-state index contributed by atoms with van der Waals surface area (Å²) in [5.74, 6) is 0.726. The monoisotopic (exact) mass is 437 g/mol. The molecule has 0 bridgehead atoms. The summed E-state index contributed by atoms with van der Waals surface area (Å²) in [7, 11) is 3.06. The summed E-state index contributed by atoms with van der Waals surface area (Å²) in [6.07, 6.45) is 2.13. The standard InChI is InChI=1S/C23H23N3O4S/c1-29-19-10-9-16(12-20(19)30-2)22(28)25-23-24-17(14-31-23)13-21(27)26-11-5-7-15-6-3-4-8-18(15)26/h3-4,6,8-10,12,14H,5,7,11,13H2,1-2H3,(H,24,25,28). The number of rotatable bonds is 6. The summed E-state index contributed by atoms with van der Waals surface area (Å²) in [6, 6.07) is 13.0. The third-order valence-corrected chi connectivity index (χ3v) is 5.97. The number of hydrogen-bond donors (Lipinski definition) is 1. The van der Waals surface area contributed by atoms with Gasteiger partial charge in [-0.25, -0.2) is 4.98 Å². The number of fused-ring (bicyclic) bond motifs is 1. The van der Waals surface area contributed by atoms with E-state index >= 15 is 0 Å². The van der Waals surface area contributed by atoms with Crippen LogP contribution in [0.3, 0.4) is 0 Å². The number of carbonyl (C=O) groups excluding carboxylic acids is 2. The van der Waals surface area contributed by atoms with Gasteiger partial charge in [0.05, 0.1) is 26.3 Å². The number of aromatic nitrogens is 1. The van der Waals surface area contributed by atoms with E-state index in [1.165, 1.54) is 24.0 Å². The second-order valence-electron chi connectivity index (χ2n) is 7.12. The average Bonchev–Trinajstić information content (AvgIpc) is 3.24. The molecule has 2 heterocycles. The first-order valence-corrected chi connectivity index (χ1v) is 10.8. The molecular formula is C23H23N3O4S. The fraction of sp³-hybridized carbons (Fsp3) is 0.261. The first kappa shape index (κ1) is 20.9. The van der Waals surface area contributed by atoms with Gasteiger partial charge in [0.15, 0.2) is 16.6 Å². The van der Waals surface area contributed by atoms with Crippen molar-refractivity contribution in [2.45, 2.75) is 19.3 Å². The minimum atomic E-state index is -0.307. The van der Waals surface area contributed by atoms with Crippen molar-refractivity contribution in [3.8, 4) is 11.5 Å². The number of benzene rings is 2. The molecule has 7 nitrogen and oxygen atoms in total. The Morgan fingerprint density at radius 1 is 1.13 bits per heavy atom. The van der Waals surface area contributed by atoms with Crippen LogP contribution in [0.4, 0.5) is 10.8 Å². The summed E-state index contributed by atoms with van der Waals surface area (Å²) in [4.78, 5) is 31.7. The molecule has 1 aromatic heterocycles. The van der Waals surface area contributed by atoms with Gasteiger partial charge in [-0.15, -0.1) is 11.3 Å². The van der Waals surface area contributed by atoms with Crippen LogP contribution in [0.5, 0.6) is 11.5 Å². The van der Waals surface area contributed by atoms with E-state index in [-0.39, 0.29) is 18.2 Å². The predicted octanol–water partition coefficient (Wildman–Crippen LogP) is 3.93. The number of ether oxygens (including phenoxy) is 2. The van der Waals surface area contributed by atoms with Gasteiger partial charge in [0.2, 0.25) is 5.91 Å². The molecule has 0 atom stereocenters. The van der Waals surface area contributed by atoms with Crippen molar-refractivity contribution in [3.05, 3.63) is 64.7 Å². The predicted molar refractivity (Wildman–Crippen MR) is 120 cm³/mol. The van der Waals surface area contributed by atoms with Crippen molar-refractivity contribution in [1.82, 2.24) is 4.98 Å². The molecule has 1 aliphatic rings. The van der Waals surface area contributed by atoms with Crippen LogP contribution in [0.15, 0.2) is 47.8 Å². The maximum absolute atomic E-state index is 12.9. The summed E-state index contributed by atoms with van der Waals surface area (Å²) < 4.78 is 10.4. The van der Waals surface area contributed by atoms with Crippen LogP contribution in [0.1, 0.15) is 28.0 Å². The maximum atomic E-state index is 12.9. The van der Waals surface area contributed by atoms with E-state index in [1.54, 1.807) is 30.7 Å². The molecule has 2 aromatic carbocycles. The van der Waals surface area contributed by atoms with E-state index in [4.69, 9.17) is 9.47 Å². The molecular weight excluding hydrogens is 414 g/mol. The highest BCUT2D eigenvalue weighted by molar-refractivity contribution is 7.14. The van der Waals surface area contributed by atoms with Gasteiger partial charge in [-0.3, -0.25) is 14.9 Å². The number of amides is 2. The number of nitrogens with one attached hydrogen (secondary N) is 1. The molecule has 0 aliphatic carbocycles. The Balaban J connectivity index is 1.42. The largest absolute Gasteiger partial charge is 0.493 e. The Labute approximate surface area is 184 Å². The third kappa shape index (κ3) is 4.54. The number of hydrogen-bond acceptors (Lipinski definition) is 6. The number of carbonyl (C=O) groups is 2. The lowest BCUT2D eigenvalue weighted by Gasteiger charge is -2.29. The van der Waals surface area contributed by atoms with Crippen LogP contribution in [0.25, 0.3) is 0 Å². The molecule has 8 heteroatoms. The highest BCUT2D eigenvalue weighted by Gasteiger charge is 2.23. The van der Waals surface area contributed by atoms with Gasteiger partial charge >= 0.3 is 0 Å². The highest BCUT2D eigenvalue weighted by atomic mass is 32.1. The smallest absolute Gasteiger partial charge is 0.257 e. The van der Waals surface area contributed by atoms with Crippen molar-refractivity contribution in [2.24, 2.45) is 0 Å². The Kier molecular flexibility index (Phi) is 6.18. The topological polar surface area (TPSA) is 80.8 Å². The third-order valence-electron chi connectivity index (χ3n) is 5.16. The summed E-state index contributed by atoms with van der Waals surface area (Å²) >= 11 is 1.29. The first-order valence-electron chi connectivity index (χ1n) is 9.95. The van der Waals surface area contributed by atoms with Crippen molar-refractivity contribution >= 4 is 34.0 Å². The zero-order chi connectivity index (χ0) is 21.8. The lowest BCUT2D eigenvalue weighted by molar-refractivity contribution is -0.118. The molecule has 0 saturated carbocycles. The average molecular weight is 438 g/mol. The lowest BCUT2D eigenvalue weighted by Crippen LogP contribution is -2.36. The number of methoxy groups -OCH3 is 2. The molecule has 0 radical (unpaired) electrons. The Bertz CT molecular complexity index is 1110.